The zero-order valence-electron chi connectivity index (χ0n) is 36.0. The van der Waals surface area contributed by atoms with Gasteiger partial charge in [0.2, 0.25) is 0 Å². The summed E-state index contributed by atoms with van der Waals surface area (Å²) >= 11 is 0. The SMILES string of the molecule is CCCC[N+](C)(C)CCCCN1c2cc(C(C)(C)C)ccc2N(CCCC[N+](C)(C)CCCO)c2cc(C(C)(C)C)ccc21.F[P-](F)(F)(F)(F)F.F[P-](F)(F)(F)(F)F. The van der Waals surface area contributed by atoms with Crippen molar-refractivity contribution >= 4 is 38.4 Å². The van der Waals surface area contributed by atoms with Gasteiger partial charge in [0.25, 0.3) is 0 Å². The predicted molar refractivity (Wildman–Crippen MR) is 220 cm³/mol. The van der Waals surface area contributed by atoms with Gasteiger partial charge in [0, 0.05) is 26.1 Å². The van der Waals surface area contributed by atoms with Gasteiger partial charge in [-0.3, -0.25) is 0 Å². The zero-order valence-corrected chi connectivity index (χ0v) is 37.8. The van der Waals surface area contributed by atoms with Gasteiger partial charge in [-0.25, -0.2) is 0 Å². The first kappa shape index (κ1) is 54.0. The predicted octanol–water partition coefficient (Wildman–Crippen LogP) is 15.5. The van der Waals surface area contributed by atoms with Crippen LogP contribution in [0.4, 0.5) is 73.1 Å². The Balaban J connectivity index is 0.00000102. The molecule has 3 rings (SSSR count). The van der Waals surface area contributed by atoms with Crippen LogP contribution in [0, 0.1) is 0 Å². The van der Waals surface area contributed by atoms with Crippen molar-refractivity contribution in [3.63, 3.8) is 0 Å². The third-order valence-corrected chi connectivity index (χ3v) is 9.67. The average Bonchev–Trinajstić information content (AvgIpc) is 2.99. The topological polar surface area (TPSA) is 26.7 Å². The van der Waals surface area contributed by atoms with Gasteiger partial charge in [-0.2, -0.15) is 0 Å². The summed E-state index contributed by atoms with van der Waals surface area (Å²) in [6, 6.07) is 14.5. The number of fused-ring (bicyclic) bond motifs is 2. The first-order chi connectivity index (χ1) is 25.4. The van der Waals surface area contributed by atoms with Crippen molar-refractivity contribution in [2.75, 3.05) is 83.9 Å². The second-order valence-electron chi connectivity index (χ2n) is 18.7. The first-order valence-electron chi connectivity index (χ1n) is 19.6. The fraction of sp³-hybridized carbons (Fsp3) is 0.692. The van der Waals surface area contributed by atoms with Gasteiger partial charge >= 0.3 is 66.0 Å². The van der Waals surface area contributed by atoms with Crippen molar-refractivity contribution < 1.29 is 64.4 Å². The summed E-state index contributed by atoms with van der Waals surface area (Å²) in [4.78, 5) is 5.27. The Morgan fingerprint density at radius 2 is 0.776 bits per heavy atom. The number of halogens is 12. The van der Waals surface area contributed by atoms with E-state index in [0.717, 1.165) is 48.0 Å². The maximum absolute atomic E-state index is 10.7. The van der Waals surface area contributed by atoms with Gasteiger partial charge in [0.15, 0.2) is 0 Å². The van der Waals surface area contributed by atoms with Crippen LogP contribution < -0.4 is 9.80 Å². The molecule has 344 valence electrons. The molecule has 0 saturated carbocycles. The Labute approximate surface area is 338 Å². The van der Waals surface area contributed by atoms with Gasteiger partial charge in [-0.05, 0) is 78.3 Å². The van der Waals surface area contributed by atoms with Crippen LogP contribution in [0.5, 0.6) is 0 Å². The fourth-order valence-electron chi connectivity index (χ4n) is 6.54. The van der Waals surface area contributed by atoms with Crippen LogP contribution in [-0.2, 0) is 10.8 Å². The number of aliphatic hydroxyl groups is 1. The van der Waals surface area contributed by atoms with Crippen molar-refractivity contribution in [2.24, 2.45) is 0 Å². The van der Waals surface area contributed by atoms with Crippen LogP contribution in [0.25, 0.3) is 0 Å². The van der Waals surface area contributed by atoms with Crippen LogP contribution >= 0.6 is 15.6 Å². The number of anilines is 4. The van der Waals surface area contributed by atoms with E-state index in [-0.39, 0.29) is 17.4 Å². The quantitative estimate of drug-likeness (QED) is 0.0787. The number of hydrogen-bond acceptors (Lipinski definition) is 3. The minimum absolute atomic E-state index is 0.0953. The standard InChI is InChI=1S/C39H68N4O.2F6P/c1-12-13-25-42(8,9)26-16-14-23-40-34-21-19-33(39(5,6)7)31-37(34)41(24-15-17-27-43(10,11)28-18-29-44)35-22-20-32(30-36(35)40)38(2,3)4;2*1-7(2,3,4,5)6/h19-22,30-31,44H,12-18,23-29H2,1-11H3;;/q+2;2*-1. The Kier molecular flexibility index (Phi) is 16.2. The van der Waals surface area contributed by atoms with Crippen LogP contribution in [0.15, 0.2) is 36.4 Å². The van der Waals surface area contributed by atoms with Gasteiger partial charge in [0.1, 0.15) is 0 Å². The van der Waals surface area contributed by atoms with E-state index in [4.69, 9.17) is 0 Å². The molecule has 0 aromatic heterocycles. The van der Waals surface area contributed by atoms with E-state index in [1.165, 1.54) is 79.1 Å². The van der Waals surface area contributed by atoms with Gasteiger partial charge < -0.3 is 23.9 Å². The summed E-state index contributed by atoms with van der Waals surface area (Å²) in [5, 5.41) is 9.34. The number of benzene rings is 2. The minimum atomic E-state index is -10.7. The summed E-state index contributed by atoms with van der Waals surface area (Å²) in [5.74, 6) is 0. The Morgan fingerprint density at radius 3 is 1.05 bits per heavy atom. The molecular formula is C39H68F12N4OP2. The molecule has 0 aliphatic carbocycles. The fourth-order valence-corrected chi connectivity index (χ4v) is 6.54. The molecule has 1 N–H and O–H groups in total. The number of quaternary nitrogens is 2. The molecule has 19 heteroatoms. The molecule has 0 atom stereocenters. The molecule has 0 fully saturated rings. The number of nitrogens with zero attached hydrogens (tertiary/aromatic N) is 4. The third-order valence-electron chi connectivity index (χ3n) is 9.67. The molecule has 5 nitrogen and oxygen atoms in total. The van der Waals surface area contributed by atoms with E-state index in [1.54, 1.807) is 0 Å². The van der Waals surface area contributed by atoms with Crippen LogP contribution in [0.2, 0.25) is 0 Å². The summed E-state index contributed by atoms with van der Waals surface area (Å²) in [6.07, 6.45) is 8.20. The molecule has 0 amide bonds. The van der Waals surface area contributed by atoms with Crippen molar-refractivity contribution in [1.29, 1.82) is 0 Å². The Bertz CT molecular complexity index is 1490. The first-order valence-corrected chi connectivity index (χ1v) is 23.7. The monoisotopic (exact) mass is 898 g/mol. The molecule has 2 aromatic rings. The number of rotatable bonds is 16. The van der Waals surface area contributed by atoms with Crippen molar-refractivity contribution in [3.05, 3.63) is 47.5 Å². The normalized spacial score (nSPS) is 16.3. The van der Waals surface area contributed by atoms with E-state index in [9.17, 15) is 55.5 Å². The molecule has 0 radical (unpaired) electrons. The van der Waals surface area contributed by atoms with E-state index in [0.29, 0.717) is 0 Å². The van der Waals surface area contributed by atoms with Crippen molar-refractivity contribution in [2.45, 2.75) is 104 Å². The number of unbranched alkanes of at least 4 members (excludes halogenated alkanes) is 3. The molecule has 2 aromatic carbocycles. The molecule has 0 unspecified atom stereocenters. The molecule has 58 heavy (non-hydrogen) atoms. The van der Waals surface area contributed by atoms with Crippen LogP contribution in [0.1, 0.15) is 105 Å². The van der Waals surface area contributed by atoms with E-state index < -0.39 is 15.6 Å². The van der Waals surface area contributed by atoms with E-state index in [2.05, 4.69) is 123 Å². The summed E-state index contributed by atoms with van der Waals surface area (Å²) in [5.41, 5.74) is 8.43. The average molecular weight is 899 g/mol. The van der Waals surface area contributed by atoms with Crippen LogP contribution in [-0.4, -0.2) is 88.1 Å². The van der Waals surface area contributed by atoms with Gasteiger partial charge in [-0.15, -0.1) is 0 Å². The summed E-state index contributed by atoms with van der Waals surface area (Å²) in [7, 11) is -11.9. The summed E-state index contributed by atoms with van der Waals surface area (Å²) in [6.45, 7) is 23.3. The Morgan fingerprint density at radius 1 is 0.483 bits per heavy atom. The maximum atomic E-state index is 9.87. The van der Waals surface area contributed by atoms with Crippen LogP contribution in [0.3, 0.4) is 0 Å². The number of aliphatic hydroxyl groups excluding tert-OH is 1. The van der Waals surface area contributed by atoms with Crippen molar-refractivity contribution in [1.82, 2.24) is 0 Å². The Hall–Kier alpha value is -2.06. The second-order valence-corrected chi connectivity index (χ2v) is 22.6. The van der Waals surface area contributed by atoms with Crippen molar-refractivity contribution in [3.8, 4) is 0 Å². The molecule has 0 saturated heterocycles. The molecular weight excluding hydrogens is 830 g/mol. The van der Waals surface area contributed by atoms with E-state index >= 15 is 0 Å². The third kappa shape index (κ3) is 24.9. The summed E-state index contributed by atoms with van der Waals surface area (Å²) < 4.78 is 120. The zero-order chi connectivity index (χ0) is 45.6. The molecule has 1 heterocycles. The second kappa shape index (κ2) is 17.4. The molecule has 1 aliphatic heterocycles. The van der Waals surface area contributed by atoms with E-state index in [1.807, 2.05) is 0 Å². The van der Waals surface area contributed by atoms with Gasteiger partial charge in [-0.1, -0.05) is 67.0 Å². The number of hydrogen-bond donors (Lipinski definition) is 1. The van der Waals surface area contributed by atoms with Gasteiger partial charge in [0.05, 0.1) is 77.1 Å². The molecule has 0 bridgehead atoms. The molecule has 1 aliphatic rings. The molecule has 0 spiro atoms.